The molecule has 0 radical (unpaired) electrons. The van der Waals surface area contributed by atoms with Gasteiger partial charge in [0.2, 0.25) is 0 Å². The maximum absolute atomic E-state index is 11.8. The van der Waals surface area contributed by atoms with Crippen molar-refractivity contribution in [3.05, 3.63) is 11.1 Å². The normalized spacial score (nSPS) is 14.6. The highest BCUT2D eigenvalue weighted by Crippen LogP contribution is 2.43. The summed E-state index contributed by atoms with van der Waals surface area (Å²) in [6.07, 6.45) is 1.08. The molecule has 0 aromatic carbocycles. The zero-order chi connectivity index (χ0) is 14.9. The molecule has 2 N–H and O–H groups in total. The molecule has 1 amide bonds. The van der Waals surface area contributed by atoms with Crippen molar-refractivity contribution < 1.29 is 19.4 Å². The number of aromatic carboxylic acids is 1. The minimum absolute atomic E-state index is 0.211. The van der Waals surface area contributed by atoms with Gasteiger partial charge in [-0.15, -0.1) is 23.1 Å². The fourth-order valence-corrected chi connectivity index (χ4v) is 4.46. The van der Waals surface area contributed by atoms with Gasteiger partial charge in [0.1, 0.15) is 10.6 Å². The molecule has 0 saturated heterocycles. The molecule has 110 valence electrons. The minimum Gasteiger partial charge on any atom is -0.478 e. The Kier molecular flexibility index (Phi) is 4.29. The zero-order valence-corrected chi connectivity index (χ0v) is 13.2. The molecule has 1 aliphatic rings. The standard InChI is InChI=1S/C13H17NO4S2/c1-13(2,3)18-12(17)14-9-8(10(15)16)7-5-4-6-19-11(7)20-9/h4-6H2,1-3H3,(H,14,17)(H,15,16). The molecule has 2 rings (SSSR count). The number of carbonyl (C=O) groups is 2. The largest absolute Gasteiger partial charge is 0.478 e. The average molecular weight is 315 g/mol. The zero-order valence-electron chi connectivity index (χ0n) is 11.6. The van der Waals surface area contributed by atoms with Gasteiger partial charge in [-0.25, -0.2) is 9.59 Å². The van der Waals surface area contributed by atoms with Crippen LogP contribution in [0.15, 0.2) is 4.21 Å². The molecular weight excluding hydrogens is 298 g/mol. The minimum atomic E-state index is -1.00. The Balaban J connectivity index is 2.25. The molecule has 1 aromatic rings. The third-order valence-electron chi connectivity index (χ3n) is 2.60. The summed E-state index contributed by atoms with van der Waals surface area (Å²) in [5, 5.41) is 12.3. The van der Waals surface area contributed by atoms with Crippen LogP contribution in [-0.2, 0) is 11.2 Å². The predicted molar refractivity (Wildman–Crippen MR) is 80.2 cm³/mol. The first-order chi connectivity index (χ1) is 9.28. The van der Waals surface area contributed by atoms with Gasteiger partial charge in [0.25, 0.3) is 0 Å². The van der Waals surface area contributed by atoms with Crippen LogP contribution in [0.3, 0.4) is 0 Å². The second-order valence-electron chi connectivity index (χ2n) is 5.46. The van der Waals surface area contributed by atoms with Gasteiger partial charge in [0.05, 0.1) is 9.77 Å². The Morgan fingerprint density at radius 3 is 2.65 bits per heavy atom. The third kappa shape index (κ3) is 3.46. The highest BCUT2D eigenvalue weighted by molar-refractivity contribution is 8.01. The van der Waals surface area contributed by atoms with Gasteiger partial charge in [-0.1, -0.05) is 0 Å². The number of thiophene rings is 1. The number of carbonyl (C=O) groups excluding carboxylic acids is 1. The van der Waals surface area contributed by atoms with Gasteiger partial charge < -0.3 is 9.84 Å². The molecule has 0 spiro atoms. The van der Waals surface area contributed by atoms with E-state index in [1.54, 1.807) is 32.5 Å². The van der Waals surface area contributed by atoms with E-state index in [1.807, 2.05) is 0 Å². The van der Waals surface area contributed by atoms with Crippen molar-refractivity contribution in [3.63, 3.8) is 0 Å². The second-order valence-corrected chi connectivity index (χ2v) is 7.84. The second kappa shape index (κ2) is 5.65. The van der Waals surface area contributed by atoms with Crippen molar-refractivity contribution in [3.8, 4) is 0 Å². The van der Waals surface area contributed by atoms with E-state index in [0.29, 0.717) is 5.00 Å². The molecule has 1 aromatic heterocycles. The lowest BCUT2D eigenvalue weighted by molar-refractivity contribution is 0.0636. The molecule has 0 atom stereocenters. The van der Waals surface area contributed by atoms with E-state index < -0.39 is 17.7 Å². The molecule has 0 fully saturated rings. The maximum atomic E-state index is 11.8. The van der Waals surface area contributed by atoms with Gasteiger partial charge in [0.15, 0.2) is 0 Å². The van der Waals surface area contributed by atoms with Crippen molar-refractivity contribution in [2.75, 3.05) is 11.1 Å². The van der Waals surface area contributed by atoms with E-state index in [1.165, 1.54) is 11.3 Å². The third-order valence-corrected chi connectivity index (χ3v) is 5.15. The van der Waals surface area contributed by atoms with Crippen molar-refractivity contribution >= 4 is 40.2 Å². The Labute approximate surface area is 125 Å². The molecule has 2 heterocycles. The summed E-state index contributed by atoms with van der Waals surface area (Å²) in [6.45, 7) is 5.29. The summed E-state index contributed by atoms with van der Waals surface area (Å²) in [4.78, 5) is 23.2. The van der Waals surface area contributed by atoms with Gasteiger partial charge in [0, 0.05) is 0 Å². The predicted octanol–water partition coefficient (Wildman–Crippen LogP) is 3.83. The number of anilines is 1. The van der Waals surface area contributed by atoms with E-state index in [0.717, 1.165) is 28.4 Å². The topological polar surface area (TPSA) is 75.6 Å². The lowest BCUT2D eigenvalue weighted by Gasteiger charge is -2.19. The average Bonchev–Trinajstić information content (AvgIpc) is 2.63. The van der Waals surface area contributed by atoms with E-state index in [2.05, 4.69) is 5.32 Å². The highest BCUT2D eigenvalue weighted by Gasteiger charge is 2.27. The number of amides is 1. The quantitative estimate of drug-likeness (QED) is 0.867. The molecule has 0 saturated carbocycles. The van der Waals surface area contributed by atoms with Crippen LogP contribution in [0.5, 0.6) is 0 Å². The highest BCUT2D eigenvalue weighted by atomic mass is 32.2. The first kappa shape index (κ1) is 15.2. The Hall–Kier alpha value is -1.21. The molecule has 0 aliphatic carbocycles. The summed E-state index contributed by atoms with van der Waals surface area (Å²) < 4.78 is 6.15. The first-order valence-electron chi connectivity index (χ1n) is 6.29. The summed E-state index contributed by atoms with van der Waals surface area (Å²) >= 11 is 2.96. The van der Waals surface area contributed by atoms with E-state index in [-0.39, 0.29) is 5.56 Å². The van der Waals surface area contributed by atoms with Crippen LogP contribution in [0.25, 0.3) is 0 Å². The van der Waals surface area contributed by atoms with Gasteiger partial charge in [-0.3, -0.25) is 5.32 Å². The van der Waals surface area contributed by atoms with Crippen molar-refractivity contribution in [1.82, 2.24) is 0 Å². The molecule has 7 heteroatoms. The van der Waals surface area contributed by atoms with Crippen molar-refractivity contribution in [2.45, 2.75) is 43.4 Å². The Bertz CT molecular complexity index is 545. The van der Waals surface area contributed by atoms with Crippen LogP contribution in [0, 0.1) is 0 Å². The van der Waals surface area contributed by atoms with Crippen LogP contribution < -0.4 is 5.32 Å². The van der Waals surface area contributed by atoms with Gasteiger partial charge >= 0.3 is 12.1 Å². The molecule has 5 nitrogen and oxygen atoms in total. The molecule has 0 unspecified atom stereocenters. The fourth-order valence-electron chi connectivity index (χ4n) is 1.91. The van der Waals surface area contributed by atoms with Gasteiger partial charge in [-0.05, 0) is 44.9 Å². The summed E-state index contributed by atoms with van der Waals surface area (Å²) in [5.41, 5.74) is 0.437. The van der Waals surface area contributed by atoms with Crippen LogP contribution in [-0.4, -0.2) is 28.5 Å². The Morgan fingerprint density at radius 1 is 1.35 bits per heavy atom. The van der Waals surface area contributed by atoms with E-state index in [4.69, 9.17) is 4.74 Å². The smallest absolute Gasteiger partial charge is 0.412 e. The molecular formula is C13H17NO4S2. The number of hydrogen-bond acceptors (Lipinski definition) is 5. The van der Waals surface area contributed by atoms with Crippen molar-refractivity contribution in [1.29, 1.82) is 0 Å². The summed E-state index contributed by atoms with van der Waals surface area (Å²) in [5.74, 6) is -0.0191. The number of carboxylic acids is 1. The number of rotatable bonds is 2. The lowest BCUT2D eigenvalue weighted by atomic mass is 10.1. The number of ether oxygens (including phenoxy) is 1. The number of hydrogen-bond donors (Lipinski definition) is 2. The van der Waals surface area contributed by atoms with Crippen LogP contribution >= 0.6 is 23.1 Å². The molecule has 1 aliphatic heterocycles. The number of fused-ring (bicyclic) bond motifs is 1. The molecule has 0 bridgehead atoms. The summed E-state index contributed by atoms with van der Waals surface area (Å²) in [7, 11) is 0. The SMILES string of the molecule is CC(C)(C)OC(=O)Nc1sc2c(c1C(=O)O)CCCS2. The summed E-state index contributed by atoms with van der Waals surface area (Å²) in [6, 6.07) is 0. The maximum Gasteiger partial charge on any atom is 0.412 e. The first-order valence-corrected chi connectivity index (χ1v) is 8.10. The number of thioether (sulfide) groups is 1. The van der Waals surface area contributed by atoms with Crippen LogP contribution in [0.1, 0.15) is 43.1 Å². The number of nitrogens with one attached hydrogen (secondary N) is 1. The van der Waals surface area contributed by atoms with Crippen molar-refractivity contribution in [2.24, 2.45) is 0 Å². The number of carboxylic acid groups (broad SMARTS) is 1. The fraction of sp³-hybridized carbons (Fsp3) is 0.538. The lowest BCUT2D eigenvalue weighted by Crippen LogP contribution is -2.27. The van der Waals surface area contributed by atoms with E-state index in [9.17, 15) is 14.7 Å². The monoisotopic (exact) mass is 315 g/mol. The van der Waals surface area contributed by atoms with Crippen LogP contribution in [0.2, 0.25) is 0 Å². The van der Waals surface area contributed by atoms with Gasteiger partial charge in [-0.2, -0.15) is 0 Å². The van der Waals surface area contributed by atoms with E-state index >= 15 is 0 Å². The Morgan fingerprint density at radius 2 is 2.05 bits per heavy atom. The van der Waals surface area contributed by atoms with Crippen LogP contribution in [0.4, 0.5) is 9.80 Å². The molecule has 20 heavy (non-hydrogen) atoms.